The summed E-state index contributed by atoms with van der Waals surface area (Å²) in [5.74, 6) is -1.15. The minimum Gasteiger partial charge on any atom is -0.436 e. The second-order valence-electron chi connectivity index (χ2n) is 4.72. The third-order valence-electron chi connectivity index (χ3n) is 3.21. The van der Waals surface area contributed by atoms with Crippen LogP contribution in [0.1, 0.15) is 6.42 Å². The van der Waals surface area contributed by atoms with Gasteiger partial charge in [0.1, 0.15) is 0 Å². The van der Waals surface area contributed by atoms with Crippen molar-refractivity contribution < 1.29 is 19.1 Å². The Hall–Kier alpha value is -3.16. The van der Waals surface area contributed by atoms with E-state index in [1.165, 1.54) is 0 Å². The maximum absolute atomic E-state index is 12.0. The molecular weight excluding hydrogens is 288 g/mol. The number of rotatable bonds is 3. The van der Waals surface area contributed by atoms with Gasteiger partial charge in [0.2, 0.25) is 0 Å². The number of carbonyl (C=O) groups excluding carboxylic acids is 3. The first kappa shape index (κ1) is 13.8. The number of primary amides is 1. The summed E-state index contributed by atoms with van der Waals surface area (Å²) in [5.41, 5.74) is 8.92. The molecule has 3 amide bonds. The van der Waals surface area contributed by atoms with Gasteiger partial charge >= 0.3 is 6.09 Å². The highest BCUT2D eigenvalue weighted by molar-refractivity contribution is 6.06. The number of nitrogens with one attached hydrogen (secondary N) is 1. The quantitative estimate of drug-likeness (QED) is 0.810. The third-order valence-corrected chi connectivity index (χ3v) is 3.21. The summed E-state index contributed by atoms with van der Waals surface area (Å²) in [6, 6.07) is 8.86. The molecule has 0 aliphatic carbocycles. The Morgan fingerprint density at radius 1 is 1.36 bits per heavy atom. The number of pyridine rings is 1. The molecule has 112 valence electrons. The van der Waals surface area contributed by atoms with E-state index >= 15 is 0 Å². The number of nitrogens with two attached hydrogens (primary N) is 1. The van der Waals surface area contributed by atoms with E-state index in [1.807, 2.05) is 6.07 Å². The molecule has 1 aliphatic heterocycles. The Labute approximate surface area is 124 Å². The highest BCUT2D eigenvalue weighted by atomic mass is 16.6. The third kappa shape index (κ3) is 2.53. The number of hydrazine groups is 1. The highest BCUT2D eigenvalue weighted by Crippen LogP contribution is 2.21. The summed E-state index contributed by atoms with van der Waals surface area (Å²) in [7, 11) is 0. The topological polar surface area (TPSA) is 115 Å². The molecule has 0 bridgehead atoms. The van der Waals surface area contributed by atoms with Crippen molar-refractivity contribution >= 4 is 34.5 Å². The second kappa shape index (κ2) is 5.32. The first-order valence-corrected chi connectivity index (χ1v) is 6.49. The van der Waals surface area contributed by atoms with Crippen LogP contribution in [0, 0.1) is 0 Å². The number of ether oxygens (including phenoxy) is 1. The zero-order valence-electron chi connectivity index (χ0n) is 11.4. The molecule has 1 saturated heterocycles. The van der Waals surface area contributed by atoms with Crippen LogP contribution in [0.3, 0.4) is 0 Å². The number of amides is 3. The van der Waals surface area contributed by atoms with Gasteiger partial charge in [0.25, 0.3) is 11.8 Å². The molecule has 1 aliphatic rings. The van der Waals surface area contributed by atoms with Gasteiger partial charge in [0.15, 0.2) is 6.10 Å². The molecule has 8 nitrogen and oxygen atoms in total. The van der Waals surface area contributed by atoms with Crippen molar-refractivity contribution in [3.63, 3.8) is 0 Å². The molecule has 1 aromatic carbocycles. The number of carbonyl (C=O) groups is 3. The van der Waals surface area contributed by atoms with E-state index < -0.39 is 24.0 Å². The number of benzene rings is 1. The first-order chi connectivity index (χ1) is 10.5. The lowest BCUT2D eigenvalue weighted by Gasteiger charge is -2.17. The normalized spacial score (nSPS) is 17.8. The van der Waals surface area contributed by atoms with Crippen molar-refractivity contribution in [1.29, 1.82) is 0 Å². The minimum atomic E-state index is -1.18. The van der Waals surface area contributed by atoms with Gasteiger partial charge in [-0.05, 0) is 24.3 Å². The Morgan fingerprint density at radius 2 is 2.18 bits per heavy atom. The molecule has 8 heteroatoms. The zero-order chi connectivity index (χ0) is 15.7. The smallest absolute Gasteiger partial charge is 0.405 e. The van der Waals surface area contributed by atoms with E-state index in [-0.39, 0.29) is 6.42 Å². The zero-order valence-corrected chi connectivity index (χ0v) is 11.4. The molecule has 0 radical (unpaired) electrons. The SMILES string of the molecule is NC(=O)OC1CC(=O)N(Nc2ccc3ncccc3c2)C1=O. The van der Waals surface area contributed by atoms with Gasteiger partial charge in [-0.25, -0.2) is 4.79 Å². The Bertz CT molecular complexity index is 776. The second-order valence-corrected chi connectivity index (χ2v) is 4.72. The fourth-order valence-corrected chi connectivity index (χ4v) is 2.23. The monoisotopic (exact) mass is 300 g/mol. The minimum absolute atomic E-state index is 0.232. The van der Waals surface area contributed by atoms with E-state index in [0.29, 0.717) is 5.69 Å². The number of anilines is 1. The lowest BCUT2D eigenvalue weighted by atomic mass is 10.2. The van der Waals surface area contributed by atoms with Crippen molar-refractivity contribution in [2.24, 2.45) is 5.73 Å². The molecule has 2 heterocycles. The van der Waals surface area contributed by atoms with Crippen LogP contribution in [0.4, 0.5) is 10.5 Å². The van der Waals surface area contributed by atoms with Gasteiger partial charge in [-0.1, -0.05) is 6.07 Å². The van der Waals surface area contributed by atoms with Gasteiger partial charge < -0.3 is 10.5 Å². The number of fused-ring (bicyclic) bond motifs is 1. The van der Waals surface area contributed by atoms with Gasteiger partial charge in [0, 0.05) is 11.6 Å². The van der Waals surface area contributed by atoms with Gasteiger partial charge in [-0.2, -0.15) is 5.01 Å². The Morgan fingerprint density at radius 3 is 2.95 bits per heavy atom. The lowest BCUT2D eigenvalue weighted by molar-refractivity contribution is -0.139. The number of nitrogens with zero attached hydrogens (tertiary/aromatic N) is 2. The van der Waals surface area contributed by atoms with Crippen molar-refractivity contribution in [3.8, 4) is 0 Å². The molecule has 1 fully saturated rings. The average molecular weight is 300 g/mol. The standard InChI is InChI=1S/C14H12N4O4/c15-14(21)22-11-7-12(19)18(13(11)20)17-9-3-4-10-8(6-9)2-1-5-16-10/h1-6,11,17H,7H2,(H2,15,21). The van der Waals surface area contributed by atoms with Crippen LogP contribution in [0.5, 0.6) is 0 Å². The summed E-state index contributed by atoms with van der Waals surface area (Å²) in [6.07, 6.45) is -0.831. The van der Waals surface area contributed by atoms with Crippen LogP contribution in [0.2, 0.25) is 0 Å². The lowest BCUT2D eigenvalue weighted by Crippen LogP contribution is -2.38. The summed E-state index contributed by atoms with van der Waals surface area (Å²) in [4.78, 5) is 38.8. The molecule has 3 N–H and O–H groups in total. The van der Waals surface area contributed by atoms with Crippen LogP contribution in [-0.4, -0.2) is 34.0 Å². The van der Waals surface area contributed by atoms with Crippen molar-refractivity contribution in [3.05, 3.63) is 36.5 Å². The van der Waals surface area contributed by atoms with Gasteiger partial charge in [-0.15, -0.1) is 0 Å². The van der Waals surface area contributed by atoms with Crippen LogP contribution in [0.25, 0.3) is 10.9 Å². The summed E-state index contributed by atoms with van der Waals surface area (Å²) >= 11 is 0. The molecule has 1 aromatic heterocycles. The number of hydrogen-bond donors (Lipinski definition) is 2. The Kier molecular flexibility index (Phi) is 3.34. The molecule has 3 rings (SSSR count). The average Bonchev–Trinajstić information content (AvgIpc) is 2.74. The van der Waals surface area contributed by atoms with Gasteiger partial charge in [0.05, 0.1) is 17.6 Å². The van der Waals surface area contributed by atoms with E-state index in [2.05, 4.69) is 15.1 Å². The number of hydrogen-bond acceptors (Lipinski definition) is 6. The molecule has 0 saturated carbocycles. The fourth-order valence-electron chi connectivity index (χ4n) is 2.23. The molecule has 1 unspecified atom stereocenters. The predicted octanol–water partition coefficient (Wildman–Crippen LogP) is 0.784. The summed E-state index contributed by atoms with van der Waals surface area (Å²) < 4.78 is 4.61. The van der Waals surface area contributed by atoms with Crippen LogP contribution in [0.15, 0.2) is 36.5 Å². The molecule has 22 heavy (non-hydrogen) atoms. The van der Waals surface area contributed by atoms with Crippen molar-refractivity contribution in [1.82, 2.24) is 9.99 Å². The molecular formula is C14H12N4O4. The predicted molar refractivity (Wildman–Crippen MR) is 76.3 cm³/mol. The molecule has 0 spiro atoms. The maximum Gasteiger partial charge on any atom is 0.405 e. The first-order valence-electron chi connectivity index (χ1n) is 6.49. The number of aromatic nitrogens is 1. The van der Waals surface area contributed by atoms with Crippen LogP contribution in [-0.2, 0) is 14.3 Å². The maximum atomic E-state index is 12.0. The highest BCUT2D eigenvalue weighted by Gasteiger charge is 2.41. The summed E-state index contributed by atoms with van der Waals surface area (Å²) in [5, 5.41) is 1.68. The number of imide groups is 1. The van der Waals surface area contributed by atoms with E-state index in [9.17, 15) is 14.4 Å². The Balaban J connectivity index is 1.80. The van der Waals surface area contributed by atoms with Crippen LogP contribution >= 0.6 is 0 Å². The molecule has 2 aromatic rings. The van der Waals surface area contributed by atoms with E-state index in [4.69, 9.17) is 5.73 Å². The summed E-state index contributed by atoms with van der Waals surface area (Å²) in [6.45, 7) is 0. The van der Waals surface area contributed by atoms with Crippen molar-refractivity contribution in [2.45, 2.75) is 12.5 Å². The van der Waals surface area contributed by atoms with Gasteiger partial charge in [-0.3, -0.25) is 20.0 Å². The van der Waals surface area contributed by atoms with E-state index in [0.717, 1.165) is 15.9 Å². The van der Waals surface area contributed by atoms with E-state index in [1.54, 1.807) is 30.5 Å². The fraction of sp³-hybridized carbons (Fsp3) is 0.143. The molecule has 1 atom stereocenters. The largest absolute Gasteiger partial charge is 0.436 e. The van der Waals surface area contributed by atoms with Crippen molar-refractivity contribution in [2.75, 3.05) is 5.43 Å². The van der Waals surface area contributed by atoms with Crippen LogP contribution < -0.4 is 11.2 Å².